The lowest BCUT2D eigenvalue weighted by molar-refractivity contribution is -0.387. The summed E-state index contributed by atoms with van der Waals surface area (Å²) in [6.45, 7) is 11.9. The van der Waals surface area contributed by atoms with Gasteiger partial charge in [-0.05, 0) is 44.1 Å². The number of nitrogens with one attached hydrogen (secondary N) is 1. The molecule has 1 amide bonds. The second-order valence-corrected chi connectivity index (χ2v) is 9.20. The Bertz CT molecular complexity index is 688. The third-order valence-corrected chi connectivity index (χ3v) is 6.02. The first-order chi connectivity index (χ1) is 13.2. The van der Waals surface area contributed by atoms with Crippen molar-refractivity contribution in [3.8, 4) is 0 Å². The molecule has 2 rings (SSSR count). The van der Waals surface area contributed by atoms with Crippen LogP contribution in [0.5, 0.6) is 0 Å². The molecule has 0 radical (unpaired) electrons. The van der Waals surface area contributed by atoms with Crippen LogP contribution in [0.2, 0.25) is 0 Å². The van der Waals surface area contributed by atoms with Gasteiger partial charge >= 0.3 is 0 Å². The highest BCUT2D eigenvalue weighted by atomic mass is 32.2. The van der Waals surface area contributed by atoms with Crippen LogP contribution in [-0.4, -0.2) is 59.9 Å². The lowest BCUT2D eigenvalue weighted by Gasteiger charge is -2.40. The number of amides is 1. The average molecular weight is 410 g/mol. The van der Waals surface area contributed by atoms with Gasteiger partial charge in [-0.15, -0.1) is 11.8 Å². The van der Waals surface area contributed by atoms with Crippen LogP contribution in [-0.2, 0) is 4.74 Å². The molecule has 1 aliphatic heterocycles. The number of rotatable bonds is 9. The Morgan fingerprint density at radius 1 is 1.36 bits per heavy atom. The van der Waals surface area contributed by atoms with Gasteiger partial charge in [-0.1, -0.05) is 13.8 Å². The fourth-order valence-corrected chi connectivity index (χ4v) is 4.26. The van der Waals surface area contributed by atoms with E-state index in [0.29, 0.717) is 36.1 Å². The number of nitrogens with zero attached hydrogens (tertiary/aromatic N) is 2. The maximum atomic E-state index is 12.6. The SMILES string of the molecule is CC(C)CCSc1ccc(C(=O)NCC(C)(C)N2CCOCC2)cc1[N+](=O)[O-]. The Kier molecular flexibility index (Phi) is 8.27. The number of ether oxygens (including phenoxy) is 1. The van der Waals surface area contributed by atoms with Crippen LogP contribution in [0.25, 0.3) is 0 Å². The topological polar surface area (TPSA) is 84.7 Å². The molecule has 8 heteroatoms. The standard InChI is InChI=1S/C20H31N3O4S/c1-15(2)7-12-28-18-6-5-16(13-17(18)23(25)26)19(24)21-14-20(3,4)22-8-10-27-11-9-22/h5-6,13,15H,7-12,14H2,1-4H3,(H,21,24). The summed E-state index contributed by atoms with van der Waals surface area (Å²) in [6, 6.07) is 4.74. The highest BCUT2D eigenvalue weighted by molar-refractivity contribution is 7.99. The van der Waals surface area contributed by atoms with E-state index in [2.05, 4.69) is 37.9 Å². The van der Waals surface area contributed by atoms with Crippen molar-refractivity contribution in [2.24, 2.45) is 5.92 Å². The summed E-state index contributed by atoms with van der Waals surface area (Å²) in [5, 5.41) is 14.4. The van der Waals surface area contributed by atoms with Crippen LogP contribution < -0.4 is 5.32 Å². The summed E-state index contributed by atoms with van der Waals surface area (Å²) in [5.74, 6) is 1.08. The molecule has 0 aliphatic carbocycles. The molecule has 0 aromatic heterocycles. The summed E-state index contributed by atoms with van der Waals surface area (Å²) < 4.78 is 5.38. The summed E-state index contributed by atoms with van der Waals surface area (Å²) in [7, 11) is 0. The first-order valence-electron chi connectivity index (χ1n) is 9.73. The molecule has 1 fully saturated rings. The number of hydrogen-bond donors (Lipinski definition) is 1. The van der Waals surface area contributed by atoms with E-state index < -0.39 is 4.92 Å². The molecule has 0 spiro atoms. The molecule has 0 bridgehead atoms. The molecular weight excluding hydrogens is 378 g/mol. The second kappa shape index (κ2) is 10.2. The van der Waals surface area contributed by atoms with E-state index in [-0.39, 0.29) is 17.1 Å². The molecule has 0 saturated carbocycles. The number of carbonyl (C=O) groups is 1. The van der Waals surface area contributed by atoms with Gasteiger partial charge in [-0.25, -0.2) is 0 Å². The van der Waals surface area contributed by atoms with Crippen LogP contribution in [0, 0.1) is 16.0 Å². The van der Waals surface area contributed by atoms with Crippen LogP contribution in [0.15, 0.2) is 23.1 Å². The molecule has 28 heavy (non-hydrogen) atoms. The van der Waals surface area contributed by atoms with Crippen LogP contribution in [0.1, 0.15) is 44.5 Å². The van der Waals surface area contributed by atoms with Gasteiger partial charge in [0.1, 0.15) is 0 Å². The van der Waals surface area contributed by atoms with Gasteiger partial charge in [-0.3, -0.25) is 19.8 Å². The smallest absolute Gasteiger partial charge is 0.283 e. The molecule has 0 atom stereocenters. The molecule has 7 nitrogen and oxygen atoms in total. The van der Waals surface area contributed by atoms with Crippen LogP contribution in [0.4, 0.5) is 5.69 Å². The summed E-state index contributed by atoms with van der Waals surface area (Å²) in [4.78, 5) is 26.5. The van der Waals surface area contributed by atoms with Crippen molar-refractivity contribution >= 4 is 23.4 Å². The number of carbonyl (C=O) groups excluding carboxylic acids is 1. The van der Waals surface area contributed by atoms with Gasteiger partial charge in [0.15, 0.2) is 0 Å². The Morgan fingerprint density at radius 3 is 2.64 bits per heavy atom. The first kappa shape index (κ1) is 22.6. The zero-order valence-corrected chi connectivity index (χ0v) is 18.0. The van der Waals surface area contributed by atoms with Gasteiger partial charge in [0, 0.05) is 36.8 Å². The molecule has 156 valence electrons. The van der Waals surface area contributed by atoms with Gasteiger partial charge < -0.3 is 10.1 Å². The summed E-state index contributed by atoms with van der Waals surface area (Å²) in [5.41, 5.74) is 0.101. The average Bonchev–Trinajstić information content (AvgIpc) is 2.66. The fraction of sp³-hybridized carbons (Fsp3) is 0.650. The monoisotopic (exact) mass is 409 g/mol. The summed E-state index contributed by atoms with van der Waals surface area (Å²) >= 11 is 1.47. The number of nitro benzene ring substituents is 1. The normalized spacial score (nSPS) is 15.6. The lowest BCUT2D eigenvalue weighted by atomic mass is 10.0. The molecule has 1 N–H and O–H groups in total. The molecule has 1 aromatic rings. The number of morpholine rings is 1. The van der Waals surface area contributed by atoms with Crippen molar-refractivity contribution < 1.29 is 14.5 Å². The molecule has 1 aliphatic rings. The quantitative estimate of drug-likeness (QED) is 0.381. The van der Waals surface area contributed by atoms with E-state index in [1.54, 1.807) is 12.1 Å². The van der Waals surface area contributed by atoms with Crippen LogP contribution >= 0.6 is 11.8 Å². The molecule has 1 heterocycles. The van der Waals surface area contributed by atoms with E-state index >= 15 is 0 Å². The third kappa shape index (κ3) is 6.46. The minimum absolute atomic E-state index is 0.00570. The minimum Gasteiger partial charge on any atom is -0.379 e. The van der Waals surface area contributed by atoms with E-state index in [1.807, 2.05) is 0 Å². The van der Waals surface area contributed by atoms with Gasteiger partial charge in [-0.2, -0.15) is 0 Å². The largest absolute Gasteiger partial charge is 0.379 e. The maximum Gasteiger partial charge on any atom is 0.283 e. The second-order valence-electron chi connectivity index (χ2n) is 8.07. The van der Waals surface area contributed by atoms with E-state index in [0.717, 1.165) is 25.3 Å². The number of nitro groups is 1. The van der Waals surface area contributed by atoms with Crippen molar-refractivity contribution in [1.29, 1.82) is 0 Å². The minimum atomic E-state index is -0.411. The number of hydrogen-bond acceptors (Lipinski definition) is 6. The Balaban J connectivity index is 2.02. The number of benzene rings is 1. The lowest BCUT2D eigenvalue weighted by Crippen LogP contribution is -2.55. The van der Waals surface area contributed by atoms with E-state index in [1.165, 1.54) is 17.8 Å². The van der Waals surface area contributed by atoms with Crippen LogP contribution in [0.3, 0.4) is 0 Å². The predicted molar refractivity (Wildman–Crippen MR) is 112 cm³/mol. The Morgan fingerprint density at radius 2 is 2.04 bits per heavy atom. The third-order valence-electron chi connectivity index (χ3n) is 4.92. The fourth-order valence-electron chi connectivity index (χ4n) is 3.01. The molecular formula is C20H31N3O4S. The van der Waals surface area contributed by atoms with Crippen molar-refractivity contribution in [2.75, 3.05) is 38.6 Å². The van der Waals surface area contributed by atoms with E-state index in [9.17, 15) is 14.9 Å². The number of thioether (sulfide) groups is 1. The highest BCUT2D eigenvalue weighted by Crippen LogP contribution is 2.31. The van der Waals surface area contributed by atoms with Gasteiger partial charge in [0.25, 0.3) is 11.6 Å². The molecule has 1 aromatic carbocycles. The van der Waals surface area contributed by atoms with Crippen molar-refractivity contribution in [2.45, 2.75) is 44.6 Å². The Labute approximate surface area is 171 Å². The van der Waals surface area contributed by atoms with Crippen molar-refractivity contribution in [1.82, 2.24) is 10.2 Å². The summed E-state index contributed by atoms with van der Waals surface area (Å²) in [6.07, 6.45) is 0.987. The molecule has 0 unspecified atom stereocenters. The van der Waals surface area contributed by atoms with Crippen molar-refractivity contribution in [3.05, 3.63) is 33.9 Å². The maximum absolute atomic E-state index is 12.6. The molecule has 1 saturated heterocycles. The first-order valence-corrected chi connectivity index (χ1v) is 10.7. The Hall–Kier alpha value is -1.64. The zero-order valence-electron chi connectivity index (χ0n) is 17.2. The van der Waals surface area contributed by atoms with Crippen molar-refractivity contribution in [3.63, 3.8) is 0 Å². The van der Waals surface area contributed by atoms with Gasteiger partial charge in [0.2, 0.25) is 0 Å². The predicted octanol–water partition coefficient (Wildman–Crippen LogP) is 3.57. The zero-order chi connectivity index (χ0) is 20.7. The van der Waals surface area contributed by atoms with Gasteiger partial charge in [0.05, 0.1) is 23.0 Å². The highest BCUT2D eigenvalue weighted by Gasteiger charge is 2.29. The van der Waals surface area contributed by atoms with E-state index in [4.69, 9.17) is 4.74 Å².